The largest absolute Gasteiger partial charge is 0.387 e. The monoisotopic (exact) mass is 505 g/mol. The van der Waals surface area contributed by atoms with Crippen LogP contribution in [0.4, 0.5) is 0 Å². The molecule has 1 spiro atoms. The standard InChI is InChI=1S/C30H39N3O4/c1-28(12-6-7-13-28)27(36)32-17-16-30(37,29(20-32)14-8-9-15-29)21-33-19-24(26(35)31-2)23(18-25(33)34)22-10-4-3-5-11-22/h3-5,10-11,18-19,37H,6-9,12-17,20-21H2,1-2H3,(H,31,35). The van der Waals surface area contributed by atoms with Crippen molar-refractivity contribution in [1.29, 1.82) is 0 Å². The molecule has 2 saturated carbocycles. The molecule has 0 bridgehead atoms. The smallest absolute Gasteiger partial charge is 0.253 e. The van der Waals surface area contributed by atoms with Gasteiger partial charge in [0.05, 0.1) is 17.7 Å². The number of hydrogen-bond donors (Lipinski definition) is 2. The number of benzene rings is 1. The van der Waals surface area contributed by atoms with Gasteiger partial charge in [-0.1, -0.05) is 62.9 Å². The summed E-state index contributed by atoms with van der Waals surface area (Å²) in [5.41, 5.74) is -0.334. The van der Waals surface area contributed by atoms with Crippen molar-refractivity contribution < 1.29 is 14.7 Å². The molecule has 1 aromatic heterocycles. The van der Waals surface area contributed by atoms with Gasteiger partial charge in [-0.15, -0.1) is 0 Å². The van der Waals surface area contributed by atoms with E-state index in [1.807, 2.05) is 35.2 Å². The van der Waals surface area contributed by atoms with Crippen LogP contribution in [-0.4, -0.2) is 52.1 Å². The molecule has 2 amide bonds. The van der Waals surface area contributed by atoms with Gasteiger partial charge < -0.3 is 19.9 Å². The number of hydrogen-bond acceptors (Lipinski definition) is 4. The predicted molar refractivity (Wildman–Crippen MR) is 143 cm³/mol. The minimum Gasteiger partial charge on any atom is -0.387 e. The molecule has 1 unspecified atom stereocenters. The summed E-state index contributed by atoms with van der Waals surface area (Å²) in [4.78, 5) is 41.7. The fourth-order valence-corrected chi connectivity index (χ4v) is 7.17. The van der Waals surface area contributed by atoms with Gasteiger partial charge in [0, 0.05) is 48.8 Å². The van der Waals surface area contributed by atoms with Crippen molar-refractivity contribution in [3.05, 3.63) is 58.5 Å². The Balaban J connectivity index is 1.47. The van der Waals surface area contributed by atoms with Crippen LogP contribution in [0.15, 0.2) is 47.4 Å². The summed E-state index contributed by atoms with van der Waals surface area (Å²) >= 11 is 0. The predicted octanol–water partition coefficient (Wildman–Crippen LogP) is 3.98. The van der Waals surface area contributed by atoms with Gasteiger partial charge in [0.1, 0.15) is 0 Å². The van der Waals surface area contributed by atoms with Gasteiger partial charge in [-0.2, -0.15) is 0 Å². The number of nitrogens with zero attached hydrogens (tertiary/aromatic N) is 2. The number of rotatable bonds is 5. The highest BCUT2D eigenvalue weighted by atomic mass is 16.3. The number of amides is 2. The van der Waals surface area contributed by atoms with Crippen LogP contribution >= 0.6 is 0 Å². The third-order valence-electron chi connectivity index (χ3n) is 9.46. The van der Waals surface area contributed by atoms with Gasteiger partial charge in [-0.3, -0.25) is 14.4 Å². The summed E-state index contributed by atoms with van der Waals surface area (Å²) in [5.74, 6) is -0.0509. The summed E-state index contributed by atoms with van der Waals surface area (Å²) < 4.78 is 1.51. The fraction of sp³-hybridized carbons (Fsp3) is 0.567. The maximum atomic E-state index is 13.6. The summed E-state index contributed by atoms with van der Waals surface area (Å²) in [6.45, 7) is 3.24. The van der Waals surface area contributed by atoms with Gasteiger partial charge in [0.2, 0.25) is 5.91 Å². The molecule has 37 heavy (non-hydrogen) atoms. The maximum absolute atomic E-state index is 13.6. The molecule has 1 atom stereocenters. The van der Waals surface area contributed by atoms with E-state index in [2.05, 4.69) is 12.2 Å². The summed E-state index contributed by atoms with van der Waals surface area (Å²) in [5, 5.41) is 14.9. The molecular formula is C30H39N3O4. The van der Waals surface area contributed by atoms with Crippen LogP contribution in [0.1, 0.15) is 75.1 Å². The number of pyridine rings is 1. The lowest BCUT2D eigenvalue weighted by Crippen LogP contribution is -2.63. The third-order valence-corrected chi connectivity index (χ3v) is 9.46. The van der Waals surface area contributed by atoms with Crippen LogP contribution in [0, 0.1) is 10.8 Å². The first-order valence-corrected chi connectivity index (χ1v) is 13.7. The average molecular weight is 506 g/mol. The highest BCUT2D eigenvalue weighted by Crippen LogP contribution is 2.52. The Morgan fingerprint density at radius 3 is 2.30 bits per heavy atom. The van der Waals surface area contributed by atoms with E-state index >= 15 is 0 Å². The molecular weight excluding hydrogens is 466 g/mol. The van der Waals surface area contributed by atoms with Crippen molar-refractivity contribution in [2.45, 2.75) is 76.9 Å². The Morgan fingerprint density at radius 1 is 1.00 bits per heavy atom. The Kier molecular flexibility index (Phi) is 6.77. The van der Waals surface area contributed by atoms with Crippen LogP contribution in [0.3, 0.4) is 0 Å². The van der Waals surface area contributed by atoms with Crippen LogP contribution in [0.25, 0.3) is 11.1 Å². The van der Waals surface area contributed by atoms with E-state index in [1.54, 1.807) is 13.2 Å². The van der Waals surface area contributed by atoms with Crippen LogP contribution < -0.4 is 10.9 Å². The van der Waals surface area contributed by atoms with Crippen molar-refractivity contribution in [2.24, 2.45) is 10.8 Å². The molecule has 2 aromatic rings. The van der Waals surface area contributed by atoms with Gasteiger partial charge in [-0.05, 0) is 37.7 Å². The van der Waals surface area contributed by atoms with Gasteiger partial charge in [0.25, 0.3) is 11.5 Å². The molecule has 1 aliphatic heterocycles. The highest BCUT2D eigenvalue weighted by Gasteiger charge is 2.56. The highest BCUT2D eigenvalue weighted by molar-refractivity contribution is 6.00. The summed E-state index contributed by atoms with van der Waals surface area (Å²) in [6, 6.07) is 10.9. The number of aliphatic hydroxyl groups is 1. The minimum atomic E-state index is -1.13. The zero-order chi connectivity index (χ0) is 26.3. The quantitative estimate of drug-likeness (QED) is 0.643. The van der Waals surface area contributed by atoms with Crippen molar-refractivity contribution in [1.82, 2.24) is 14.8 Å². The number of aromatic nitrogens is 1. The lowest BCUT2D eigenvalue weighted by molar-refractivity contribution is -0.167. The molecule has 7 nitrogen and oxygen atoms in total. The zero-order valence-corrected chi connectivity index (χ0v) is 22.1. The molecule has 7 heteroatoms. The van der Waals surface area contributed by atoms with Gasteiger partial charge >= 0.3 is 0 Å². The lowest BCUT2D eigenvalue weighted by atomic mass is 9.65. The van der Waals surface area contributed by atoms with E-state index in [4.69, 9.17) is 0 Å². The molecule has 1 aromatic carbocycles. The van der Waals surface area contributed by atoms with Crippen LogP contribution in [-0.2, 0) is 11.3 Å². The molecule has 3 aliphatic rings. The zero-order valence-electron chi connectivity index (χ0n) is 22.1. The fourth-order valence-electron chi connectivity index (χ4n) is 7.17. The first kappa shape index (κ1) is 25.7. The molecule has 0 radical (unpaired) electrons. The molecule has 2 heterocycles. The number of nitrogens with one attached hydrogen (secondary N) is 1. The molecule has 198 valence electrons. The van der Waals surface area contributed by atoms with E-state index < -0.39 is 11.0 Å². The number of carbonyl (C=O) groups excluding carboxylic acids is 2. The second-order valence-corrected chi connectivity index (χ2v) is 11.8. The SMILES string of the molecule is CNC(=O)c1cn(CC2(O)CCN(C(=O)C3(C)CCCC3)CC23CCCC3)c(=O)cc1-c1ccccc1. The third kappa shape index (κ3) is 4.52. The average Bonchev–Trinajstić information content (AvgIpc) is 3.57. The van der Waals surface area contributed by atoms with E-state index in [0.29, 0.717) is 30.6 Å². The lowest BCUT2D eigenvalue weighted by Gasteiger charge is -2.53. The first-order chi connectivity index (χ1) is 17.7. The van der Waals surface area contributed by atoms with Crippen LogP contribution in [0.5, 0.6) is 0 Å². The molecule has 3 fully saturated rings. The van der Waals surface area contributed by atoms with Crippen molar-refractivity contribution in [2.75, 3.05) is 20.1 Å². The Hall–Kier alpha value is -2.93. The Morgan fingerprint density at radius 2 is 1.65 bits per heavy atom. The summed E-state index contributed by atoms with van der Waals surface area (Å²) in [6.07, 6.45) is 9.78. The van der Waals surface area contributed by atoms with Crippen molar-refractivity contribution in [3.8, 4) is 11.1 Å². The van der Waals surface area contributed by atoms with Gasteiger partial charge in [-0.25, -0.2) is 0 Å². The molecule has 5 rings (SSSR count). The van der Waals surface area contributed by atoms with Crippen molar-refractivity contribution in [3.63, 3.8) is 0 Å². The van der Waals surface area contributed by atoms with E-state index in [0.717, 1.165) is 56.9 Å². The normalized spacial score (nSPS) is 24.4. The minimum absolute atomic E-state index is 0.115. The Bertz CT molecular complexity index is 1230. The summed E-state index contributed by atoms with van der Waals surface area (Å²) in [7, 11) is 1.57. The van der Waals surface area contributed by atoms with E-state index in [1.165, 1.54) is 10.6 Å². The molecule has 2 N–H and O–H groups in total. The topological polar surface area (TPSA) is 91.6 Å². The van der Waals surface area contributed by atoms with Crippen LogP contribution in [0.2, 0.25) is 0 Å². The van der Waals surface area contributed by atoms with E-state index in [9.17, 15) is 19.5 Å². The first-order valence-electron chi connectivity index (χ1n) is 13.7. The number of likely N-dealkylation sites (tertiary alicyclic amines) is 1. The molecule has 1 saturated heterocycles. The van der Waals surface area contributed by atoms with E-state index in [-0.39, 0.29) is 29.3 Å². The number of piperidine rings is 1. The van der Waals surface area contributed by atoms with Crippen molar-refractivity contribution >= 4 is 11.8 Å². The number of carbonyl (C=O) groups is 2. The maximum Gasteiger partial charge on any atom is 0.253 e. The van der Waals surface area contributed by atoms with Gasteiger partial charge in [0.15, 0.2) is 0 Å². The second kappa shape index (κ2) is 9.75. The molecule has 2 aliphatic carbocycles. The Labute approximate surface area is 218 Å². The second-order valence-electron chi connectivity index (χ2n) is 11.8.